The van der Waals surface area contributed by atoms with E-state index < -0.39 is 53.1 Å². The lowest BCUT2D eigenvalue weighted by molar-refractivity contribution is -0.143. The summed E-state index contributed by atoms with van der Waals surface area (Å²) >= 11 is 0. The Bertz CT molecular complexity index is 1150. The maximum absolute atomic E-state index is 14.0. The van der Waals surface area contributed by atoms with Crippen molar-refractivity contribution < 1.29 is 28.8 Å². The van der Waals surface area contributed by atoms with E-state index in [1.54, 1.807) is 4.90 Å². The highest BCUT2D eigenvalue weighted by molar-refractivity contribution is 6.38. The number of carbonyl (C=O) groups is 6. The molecule has 0 radical (unpaired) electrons. The van der Waals surface area contributed by atoms with E-state index in [0.29, 0.717) is 45.3 Å². The SMILES string of the molecule is C=CCNC(=O)C(=O)C(CCC)NC(=O)[C@@H]1CCCN1C(=O)[C@@H](NC(=O)N[C@H](CN1CCC(C)(C)CC1=O)C(C)(C)C)C(C)(C)C. The standard InChI is InChI=1S/C34H58N6O6/c1-11-14-22(26(42)29(44)35-17-12-2)36-28(43)23-15-13-18-40(23)30(45)27(33(6,7)8)38-31(46)37-24(32(3,4)5)21-39-19-16-34(9,10)20-25(39)41/h12,22-24,27H,2,11,13-21H2,1,3-10H3,(H,35,44)(H,36,43)(H2,37,38,46)/t22?,23-,24+,27+/m0/s1. The summed E-state index contributed by atoms with van der Waals surface area (Å²) in [5.41, 5.74) is -1.13. The van der Waals surface area contributed by atoms with Crippen molar-refractivity contribution in [2.45, 2.75) is 125 Å². The molecule has 12 nitrogen and oxygen atoms in total. The third-order valence-corrected chi connectivity index (χ3v) is 8.86. The van der Waals surface area contributed by atoms with E-state index in [-0.39, 0.29) is 35.7 Å². The van der Waals surface area contributed by atoms with E-state index in [1.165, 1.54) is 11.0 Å². The number of piperidine rings is 1. The molecule has 6 amide bonds. The smallest absolute Gasteiger partial charge is 0.315 e. The number of hydrogen-bond donors (Lipinski definition) is 4. The van der Waals surface area contributed by atoms with Crippen LogP contribution in [0.25, 0.3) is 0 Å². The molecule has 0 aliphatic carbocycles. The zero-order valence-corrected chi connectivity index (χ0v) is 29.5. The first-order chi connectivity index (χ1) is 21.2. The number of urea groups is 1. The van der Waals surface area contributed by atoms with Gasteiger partial charge in [-0.05, 0) is 41.9 Å². The monoisotopic (exact) mass is 646 g/mol. The number of hydrogen-bond acceptors (Lipinski definition) is 6. The number of nitrogens with zero attached hydrogens (tertiary/aromatic N) is 2. The van der Waals surface area contributed by atoms with E-state index in [9.17, 15) is 28.8 Å². The third kappa shape index (κ3) is 10.8. The molecule has 12 heteroatoms. The summed E-state index contributed by atoms with van der Waals surface area (Å²) in [5, 5.41) is 11.1. The average Bonchev–Trinajstić information content (AvgIpc) is 3.43. The Labute approximate surface area is 275 Å². The number of rotatable bonds is 13. The number of nitrogens with one attached hydrogen (secondary N) is 4. The van der Waals surface area contributed by atoms with Gasteiger partial charge in [0.1, 0.15) is 12.1 Å². The van der Waals surface area contributed by atoms with Crippen molar-refractivity contribution in [1.29, 1.82) is 0 Å². The quantitative estimate of drug-likeness (QED) is 0.178. The molecule has 2 heterocycles. The van der Waals surface area contributed by atoms with Gasteiger partial charge in [-0.25, -0.2) is 4.79 Å². The van der Waals surface area contributed by atoms with E-state index >= 15 is 0 Å². The molecule has 2 rings (SSSR count). The van der Waals surface area contributed by atoms with Gasteiger partial charge in [-0.15, -0.1) is 6.58 Å². The molecule has 2 fully saturated rings. The minimum atomic E-state index is -1.02. The number of carbonyl (C=O) groups excluding carboxylic acids is 6. The van der Waals surface area contributed by atoms with Gasteiger partial charge < -0.3 is 31.1 Å². The Hall–Kier alpha value is -3.44. The van der Waals surface area contributed by atoms with Crippen molar-refractivity contribution in [3.8, 4) is 0 Å². The summed E-state index contributed by atoms with van der Waals surface area (Å²) in [5.74, 6) is -2.39. The molecule has 2 aliphatic rings. The van der Waals surface area contributed by atoms with E-state index in [0.717, 1.165) is 6.42 Å². The summed E-state index contributed by atoms with van der Waals surface area (Å²) in [6.45, 7) is 22.5. The topological polar surface area (TPSA) is 157 Å². The summed E-state index contributed by atoms with van der Waals surface area (Å²) in [7, 11) is 0. The largest absolute Gasteiger partial charge is 0.346 e. The third-order valence-electron chi connectivity index (χ3n) is 8.86. The van der Waals surface area contributed by atoms with Crippen LogP contribution in [0.5, 0.6) is 0 Å². The fourth-order valence-electron chi connectivity index (χ4n) is 5.81. The summed E-state index contributed by atoms with van der Waals surface area (Å²) < 4.78 is 0. The van der Waals surface area contributed by atoms with Crippen molar-refractivity contribution >= 4 is 35.4 Å². The average molecular weight is 647 g/mol. The Morgan fingerprint density at radius 1 is 1.00 bits per heavy atom. The fraction of sp³-hybridized carbons (Fsp3) is 0.765. The molecule has 1 unspecified atom stereocenters. The molecule has 46 heavy (non-hydrogen) atoms. The van der Waals surface area contributed by atoms with Gasteiger partial charge in [0.2, 0.25) is 23.5 Å². The first-order valence-corrected chi connectivity index (χ1v) is 16.6. The van der Waals surface area contributed by atoms with Gasteiger partial charge >= 0.3 is 6.03 Å². The zero-order valence-electron chi connectivity index (χ0n) is 29.5. The number of likely N-dealkylation sites (tertiary alicyclic amines) is 2. The van der Waals surface area contributed by atoms with Crippen LogP contribution in [0.2, 0.25) is 0 Å². The normalized spacial score (nSPS) is 20.3. The van der Waals surface area contributed by atoms with Crippen molar-refractivity contribution in [3.63, 3.8) is 0 Å². The van der Waals surface area contributed by atoms with Crippen LogP contribution in [0.4, 0.5) is 4.79 Å². The molecule has 260 valence electrons. The second-order valence-corrected chi connectivity index (χ2v) is 15.7. The molecular formula is C34H58N6O6. The predicted octanol–water partition coefficient (Wildman–Crippen LogP) is 2.91. The summed E-state index contributed by atoms with van der Waals surface area (Å²) in [4.78, 5) is 82.2. The van der Waals surface area contributed by atoms with E-state index in [4.69, 9.17) is 0 Å². The van der Waals surface area contributed by atoms with Gasteiger partial charge in [0.15, 0.2) is 0 Å². The molecule has 4 atom stereocenters. The van der Waals surface area contributed by atoms with E-state index in [1.807, 2.05) is 48.5 Å². The molecule has 2 aliphatic heterocycles. The Morgan fingerprint density at radius 2 is 1.65 bits per heavy atom. The van der Waals surface area contributed by atoms with Crippen molar-refractivity contribution in [3.05, 3.63) is 12.7 Å². The van der Waals surface area contributed by atoms with Crippen molar-refractivity contribution in [1.82, 2.24) is 31.1 Å². The van der Waals surface area contributed by atoms with Gasteiger partial charge in [0.05, 0.1) is 12.1 Å². The summed E-state index contributed by atoms with van der Waals surface area (Å²) in [6, 6.07) is -3.74. The lowest BCUT2D eigenvalue weighted by atomic mass is 9.81. The maximum Gasteiger partial charge on any atom is 0.315 e. The highest BCUT2D eigenvalue weighted by atomic mass is 16.2. The number of Topliss-reactive ketones (excluding diaryl/α,β-unsaturated/α-hetero) is 1. The lowest BCUT2D eigenvalue weighted by Gasteiger charge is -2.41. The molecule has 0 aromatic carbocycles. The van der Waals surface area contributed by atoms with Crippen molar-refractivity contribution in [2.24, 2.45) is 16.2 Å². The van der Waals surface area contributed by atoms with Crippen LogP contribution in [-0.4, -0.2) is 95.6 Å². The second-order valence-electron chi connectivity index (χ2n) is 15.7. The Balaban J connectivity index is 2.18. The van der Waals surface area contributed by atoms with Crippen LogP contribution in [0.15, 0.2) is 12.7 Å². The minimum absolute atomic E-state index is 0.0489. The molecule has 0 bridgehead atoms. The first kappa shape index (κ1) is 38.7. The number of ketones is 1. The molecule has 4 N–H and O–H groups in total. The molecule has 0 saturated carbocycles. The van der Waals surface area contributed by atoms with Crippen LogP contribution < -0.4 is 21.3 Å². The molecule has 0 spiro atoms. The van der Waals surface area contributed by atoms with Gasteiger partial charge in [-0.1, -0.05) is 74.8 Å². The Kier molecular flexibility index (Phi) is 13.4. The van der Waals surface area contributed by atoms with Gasteiger partial charge in [-0.3, -0.25) is 24.0 Å². The maximum atomic E-state index is 14.0. The first-order valence-electron chi connectivity index (χ1n) is 16.6. The van der Waals surface area contributed by atoms with Gasteiger partial charge in [0.25, 0.3) is 5.91 Å². The predicted molar refractivity (Wildman–Crippen MR) is 178 cm³/mol. The van der Waals surface area contributed by atoms with Crippen LogP contribution >= 0.6 is 0 Å². The van der Waals surface area contributed by atoms with Crippen LogP contribution in [0.3, 0.4) is 0 Å². The van der Waals surface area contributed by atoms with Crippen LogP contribution in [0, 0.1) is 16.2 Å². The van der Waals surface area contributed by atoms with Gasteiger partial charge in [-0.2, -0.15) is 0 Å². The molecular weight excluding hydrogens is 588 g/mol. The van der Waals surface area contributed by atoms with E-state index in [2.05, 4.69) is 41.7 Å². The fourth-order valence-corrected chi connectivity index (χ4v) is 5.81. The van der Waals surface area contributed by atoms with Crippen molar-refractivity contribution in [2.75, 3.05) is 26.2 Å². The highest BCUT2D eigenvalue weighted by Crippen LogP contribution is 2.32. The Morgan fingerprint density at radius 3 is 2.20 bits per heavy atom. The second kappa shape index (κ2) is 15.9. The zero-order chi connectivity index (χ0) is 35.0. The summed E-state index contributed by atoms with van der Waals surface area (Å²) in [6.07, 6.45) is 4.59. The minimum Gasteiger partial charge on any atom is -0.346 e. The number of amides is 6. The van der Waals surface area contributed by atoms with Crippen LogP contribution in [-0.2, 0) is 24.0 Å². The molecule has 2 saturated heterocycles. The van der Waals surface area contributed by atoms with Gasteiger partial charge in [0, 0.05) is 32.6 Å². The van der Waals surface area contributed by atoms with Crippen LogP contribution in [0.1, 0.15) is 101 Å². The molecule has 0 aromatic heterocycles. The molecule has 0 aromatic rings. The lowest BCUT2D eigenvalue weighted by Crippen LogP contribution is -2.62. The highest BCUT2D eigenvalue weighted by Gasteiger charge is 2.43.